The van der Waals surface area contributed by atoms with Crippen LogP contribution in [0.2, 0.25) is 0 Å². The maximum absolute atomic E-state index is 11.7. The fourth-order valence-electron chi connectivity index (χ4n) is 1.97. The smallest absolute Gasteiger partial charge is 0.328 e. The van der Waals surface area contributed by atoms with Crippen LogP contribution in [0.3, 0.4) is 0 Å². The summed E-state index contributed by atoms with van der Waals surface area (Å²) >= 11 is 0. The molecule has 7 heteroatoms. The summed E-state index contributed by atoms with van der Waals surface area (Å²) in [6.45, 7) is 3.93. The van der Waals surface area contributed by atoms with Gasteiger partial charge in [-0.1, -0.05) is 18.2 Å². The van der Waals surface area contributed by atoms with Gasteiger partial charge in [-0.2, -0.15) is 0 Å². The molecule has 1 aliphatic rings. The molecule has 0 aliphatic carbocycles. The van der Waals surface area contributed by atoms with Gasteiger partial charge in [0.25, 0.3) is 0 Å². The van der Waals surface area contributed by atoms with Crippen LogP contribution in [0.25, 0.3) is 0 Å². The number of hydrogen-bond donors (Lipinski definition) is 2. The molecule has 0 aromatic heterocycles. The van der Waals surface area contributed by atoms with Gasteiger partial charge in [-0.25, -0.2) is 9.59 Å². The summed E-state index contributed by atoms with van der Waals surface area (Å²) in [5.74, 6) is -2.51. The molecule has 0 atom stereocenters. The summed E-state index contributed by atoms with van der Waals surface area (Å²) in [6.07, 6.45) is 1.12. The Morgan fingerprint density at radius 2 is 1.48 bits per heavy atom. The highest BCUT2D eigenvalue weighted by atomic mass is 16.4. The molecule has 2 rings (SSSR count). The summed E-state index contributed by atoms with van der Waals surface area (Å²) in [4.78, 5) is 35.3. The molecule has 1 aliphatic heterocycles. The second kappa shape index (κ2) is 9.37. The Morgan fingerprint density at radius 1 is 0.957 bits per heavy atom. The molecular formula is C16H20N2O5. The van der Waals surface area contributed by atoms with Gasteiger partial charge in [0, 0.05) is 38.3 Å². The number of rotatable bonds is 3. The molecule has 0 radical (unpaired) electrons. The molecule has 7 nitrogen and oxygen atoms in total. The first-order valence-electron chi connectivity index (χ1n) is 7.07. The molecule has 2 N–H and O–H groups in total. The third-order valence-corrected chi connectivity index (χ3v) is 3.19. The van der Waals surface area contributed by atoms with E-state index in [9.17, 15) is 14.4 Å². The van der Waals surface area contributed by atoms with Crippen LogP contribution in [-0.4, -0.2) is 60.3 Å². The number of carbonyl (C=O) groups is 2. The molecule has 0 bridgehead atoms. The third-order valence-electron chi connectivity index (χ3n) is 3.19. The van der Waals surface area contributed by atoms with Crippen LogP contribution in [0, 0.1) is 0 Å². The van der Waals surface area contributed by atoms with Crippen LogP contribution in [-0.2, 0) is 9.59 Å². The van der Waals surface area contributed by atoms with Crippen LogP contribution < -0.4 is 10.3 Å². The Morgan fingerprint density at radius 3 is 2.00 bits per heavy atom. The minimum absolute atomic E-state index is 0.115. The number of piperazine rings is 1. The molecule has 1 saturated heterocycles. The van der Waals surface area contributed by atoms with Crippen molar-refractivity contribution < 1.29 is 19.8 Å². The second-order valence-corrected chi connectivity index (χ2v) is 4.96. The fourth-order valence-corrected chi connectivity index (χ4v) is 1.97. The summed E-state index contributed by atoms with van der Waals surface area (Å²) in [6, 6.07) is 9.15. The van der Waals surface area contributed by atoms with E-state index in [1.165, 1.54) is 0 Å². The first kappa shape index (κ1) is 18.4. The number of anilines is 1. The standard InChI is InChI=1S/C12H16N2O.C4H4O4/c1-13-7-9-14(10-8-13)11-5-3-2-4-6-12(11)15;5-3(6)1-2-4(7)8/h2-6H,7-10H2,1H3;1-2H,(H,5,6)(H,7,8)/b;2-1-. The molecule has 0 spiro atoms. The van der Waals surface area contributed by atoms with E-state index >= 15 is 0 Å². The summed E-state index contributed by atoms with van der Waals surface area (Å²) < 4.78 is 0. The minimum Gasteiger partial charge on any atom is -0.478 e. The van der Waals surface area contributed by atoms with Gasteiger partial charge in [-0.3, -0.25) is 4.79 Å². The SMILES string of the molecule is CN1CCN(c2cccccc2=O)CC1.O=C(O)/C=C\C(=O)O. The first-order valence-corrected chi connectivity index (χ1v) is 7.07. The number of likely N-dealkylation sites (N-methyl/N-ethyl adjacent to an activating group) is 1. The van der Waals surface area contributed by atoms with Crippen molar-refractivity contribution in [3.05, 3.63) is 52.7 Å². The highest BCUT2D eigenvalue weighted by molar-refractivity contribution is 5.89. The lowest BCUT2D eigenvalue weighted by molar-refractivity contribution is -0.134. The van der Waals surface area contributed by atoms with Gasteiger partial charge in [-0.05, 0) is 19.2 Å². The topological polar surface area (TPSA) is 98.2 Å². The van der Waals surface area contributed by atoms with Gasteiger partial charge in [0.2, 0.25) is 5.43 Å². The maximum atomic E-state index is 11.7. The lowest BCUT2D eigenvalue weighted by Gasteiger charge is -2.33. The molecule has 23 heavy (non-hydrogen) atoms. The normalized spacial score (nSPS) is 14.9. The third kappa shape index (κ3) is 7.23. The predicted molar refractivity (Wildman–Crippen MR) is 86.8 cm³/mol. The number of aliphatic carboxylic acids is 2. The lowest BCUT2D eigenvalue weighted by atomic mass is 10.3. The van der Waals surface area contributed by atoms with Crippen molar-refractivity contribution in [3.8, 4) is 0 Å². The number of nitrogens with zero attached hydrogens (tertiary/aromatic N) is 2. The average molecular weight is 320 g/mol. The van der Waals surface area contributed by atoms with E-state index in [0.717, 1.165) is 31.9 Å². The van der Waals surface area contributed by atoms with Crippen molar-refractivity contribution in [1.29, 1.82) is 0 Å². The molecule has 1 aromatic carbocycles. The van der Waals surface area contributed by atoms with Gasteiger partial charge >= 0.3 is 11.9 Å². The largest absolute Gasteiger partial charge is 0.478 e. The summed E-state index contributed by atoms with van der Waals surface area (Å²) in [5, 5.41) is 15.6. The summed E-state index contributed by atoms with van der Waals surface area (Å²) in [7, 11) is 2.11. The van der Waals surface area contributed by atoms with E-state index in [2.05, 4.69) is 16.8 Å². The zero-order chi connectivity index (χ0) is 17.2. The molecule has 0 amide bonds. The van der Waals surface area contributed by atoms with E-state index in [0.29, 0.717) is 12.2 Å². The van der Waals surface area contributed by atoms with Crippen LogP contribution in [0.4, 0.5) is 5.69 Å². The predicted octanol–water partition coefficient (Wildman–Crippen LogP) is 0.510. The van der Waals surface area contributed by atoms with Crippen LogP contribution >= 0.6 is 0 Å². The molecule has 1 heterocycles. The van der Waals surface area contributed by atoms with E-state index in [1.807, 2.05) is 18.2 Å². The van der Waals surface area contributed by atoms with Crippen molar-refractivity contribution in [1.82, 2.24) is 4.90 Å². The van der Waals surface area contributed by atoms with Crippen molar-refractivity contribution in [3.63, 3.8) is 0 Å². The Labute approximate surface area is 134 Å². The Balaban J connectivity index is 0.000000284. The van der Waals surface area contributed by atoms with Crippen LogP contribution in [0.15, 0.2) is 47.3 Å². The van der Waals surface area contributed by atoms with Gasteiger partial charge in [0.15, 0.2) is 0 Å². The number of hydrogen-bond acceptors (Lipinski definition) is 5. The average Bonchev–Trinajstić information content (AvgIpc) is 2.71. The highest BCUT2D eigenvalue weighted by Crippen LogP contribution is 2.09. The fraction of sp³-hybridized carbons (Fsp3) is 0.312. The van der Waals surface area contributed by atoms with Gasteiger partial charge in [-0.15, -0.1) is 0 Å². The molecule has 1 fully saturated rings. The number of carboxylic acids is 2. The van der Waals surface area contributed by atoms with Crippen LogP contribution in [0.5, 0.6) is 0 Å². The lowest BCUT2D eigenvalue weighted by Crippen LogP contribution is -2.45. The Hall–Kier alpha value is -2.67. The quantitative estimate of drug-likeness (QED) is 0.783. The highest BCUT2D eigenvalue weighted by Gasteiger charge is 2.15. The minimum atomic E-state index is -1.26. The van der Waals surface area contributed by atoms with Crippen LogP contribution in [0.1, 0.15) is 0 Å². The van der Waals surface area contributed by atoms with E-state index in [4.69, 9.17) is 10.2 Å². The van der Waals surface area contributed by atoms with Gasteiger partial charge in [0.1, 0.15) is 0 Å². The van der Waals surface area contributed by atoms with Crippen molar-refractivity contribution in [2.45, 2.75) is 0 Å². The van der Waals surface area contributed by atoms with Gasteiger partial charge < -0.3 is 20.0 Å². The zero-order valence-corrected chi connectivity index (χ0v) is 12.9. The monoisotopic (exact) mass is 320 g/mol. The van der Waals surface area contributed by atoms with E-state index in [-0.39, 0.29) is 5.43 Å². The van der Waals surface area contributed by atoms with Crippen molar-refractivity contribution in [2.75, 3.05) is 38.1 Å². The first-order chi connectivity index (χ1) is 10.9. The zero-order valence-electron chi connectivity index (χ0n) is 12.9. The molecule has 0 saturated carbocycles. The molecule has 124 valence electrons. The van der Waals surface area contributed by atoms with E-state index < -0.39 is 11.9 Å². The summed E-state index contributed by atoms with van der Waals surface area (Å²) in [5.41, 5.74) is 0.942. The van der Waals surface area contributed by atoms with Gasteiger partial charge in [0.05, 0.1) is 5.69 Å². The maximum Gasteiger partial charge on any atom is 0.328 e. The second-order valence-electron chi connectivity index (χ2n) is 4.96. The van der Waals surface area contributed by atoms with Crippen molar-refractivity contribution >= 4 is 17.6 Å². The van der Waals surface area contributed by atoms with Crippen molar-refractivity contribution in [2.24, 2.45) is 0 Å². The van der Waals surface area contributed by atoms with E-state index in [1.54, 1.807) is 12.1 Å². The Kier molecular flexibility index (Phi) is 7.49. The molecule has 1 aromatic rings. The number of carboxylic acid groups (broad SMARTS) is 2. The molecule has 0 unspecified atom stereocenters. The molecular weight excluding hydrogens is 300 g/mol. The Bertz CT molecular complexity index is 606.